The van der Waals surface area contributed by atoms with Gasteiger partial charge in [-0.1, -0.05) is 0 Å². The van der Waals surface area contributed by atoms with Crippen LogP contribution in [-0.2, 0) is 24.4 Å². The van der Waals surface area contributed by atoms with Gasteiger partial charge in [-0.3, -0.25) is 14.1 Å². The maximum Gasteiger partial charge on any atom is 0.432 e. The van der Waals surface area contributed by atoms with E-state index in [1.165, 1.54) is 0 Å². The second kappa shape index (κ2) is 6.61. The van der Waals surface area contributed by atoms with Gasteiger partial charge in [0.25, 0.3) is 6.10 Å². The van der Waals surface area contributed by atoms with Crippen molar-refractivity contribution >= 4 is 21.9 Å². The Kier molecular flexibility index (Phi) is 5.06. The molecule has 0 aromatic heterocycles. The van der Waals surface area contributed by atoms with E-state index < -0.39 is 51.2 Å². The Labute approximate surface area is 157 Å². The highest BCUT2D eigenvalue weighted by Crippen LogP contribution is 2.60. The Bertz CT molecular complexity index is 740. The predicted molar refractivity (Wildman–Crippen MR) is 82.7 cm³/mol. The van der Waals surface area contributed by atoms with Gasteiger partial charge in [-0.2, -0.15) is 30.4 Å². The first-order valence-electron chi connectivity index (χ1n) is 8.78. The number of rotatable bonds is 6. The van der Waals surface area contributed by atoms with Crippen molar-refractivity contribution < 1.29 is 49.2 Å². The molecule has 12 heteroatoms. The lowest BCUT2D eigenvalue weighted by molar-refractivity contribution is -0.259. The van der Waals surface area contributed by atoms with E-state index in [-0.39, 0.29) is 0 Å². The summed E-state index contributed by atoms with van der Waals surface area (Å²) in [6.07, 6.45) is -7.11. The molecule has 0 aliphatic heterocycles. The molecule has 0 saturated heterocycles. The molecular formula is C16H19F5O6S. The zero-order chi connectivity index (χ0) is 21.1. The second-order valence-electron chi connectivity index (χ2n) is 8.25. The number of Topliss-reactive ketones (excluding diaryl/α,β-unsaturated/α-hetero) is 1. The van der Waals surface area contributed by atoms with E-state index in [0.717, 1.165) is 19.3 Å². The summed E-state index contributed by atoms with van der Waals surface area (Å²) in [6, 6.07) is 0. The molecule has 0 heterocycles. The van der Waals surface area contributed by atoms with Crippen molar-refractivity contribution in [2.75, 3.05) is 0 Å². The van der Waals surface area contributed by atoms with Gasteiger partial charge in [0.05, 0.1) is 0 Å². The van der Waals surface area contributed by atoms with Gasteiger partial charge in [0, 0.05) is 5.41 Å². The van der Waals surface area contributed by atoms with Crippen molar-refractivity contribution in [3.05, 3.63) is 0 Å². The molecule has 4 rings (SSSR count). The van der Waals surface area contributed by atoms with Gasteiger partial charge in [-0.15, -0.1) is 0 Å². The van der Waals surface area contributed by atoms with Gasteiger partial charge in [0.15, 0.2) is 0 Å². The highest BCUT2D eigenvalue weighted by molar-refractivity contribution is 7.86. The predicted octanol–water partition coefficient (Wildman–Crippen LogP) is 3.12. The molecule has 28 heavy (non-hydrogen) atoms. The SMILES string of the molecule is O=C(CC(=O)C12CC3CC(CC(C3)C1)C2)OC(C(F)(F)F)C(F)(F)S(=O)(=O)O. The minimum atomic E-state index is -6.51. The van der Waals surface area contributed by atoms with E-state index in [4.69, 9.17) is 4.55 Å². The van der Waals surface area contributed by atoms with Crippen molar-refractivity contribution in [1.82, 2.24) is 0 Å². The Balaban J connectivity index is 1.72. The number of esters is 1. The molecule has 1 N–H and O–H groups in total. The molecule has 0 spiro atoms. The molecule has 0 aromatic carbocycles. The third kappa shape index (κ3) is 3.77. The minimum absolute atomic E-state index is 0.304. The molecule has 6 nitrogen and oxygen atoms in total. The van der Waals surface area contributed by atoms with Crippen molar-refractivity contribution in [1.29, 1.82) is 0 Å². The topological polar surface area (TPSA) is 97.7 Å². The van der Waals surface area contributed by atoms with E-state index >= 15 is 0 Å². The average Bonchev–Trinajstić information content (AvgIpc) is 2.48. The molecular weight excluding hydrogens is 415 g/mol. The van der Waals surface area contributed by atoms with Crippen LogP contribution in [0.25, 0.3) is 0 Å². The summed E-state index contributed by atoms with van der Waals surface area (Å²) in [7, 11) is -6.51. The zero-order valence-corrected chi connectivity index (χ0v) is 15.4. The smallest absolute Gasteiger partial charge is 0.432 e. The fourth-order valence-electron chi connectivity index (χ4n) is 5.41. The van der Waals surface area contributed by atoms with E-state index in [9.17, 15) is 40.0 Å². The van der Waals surface area contributed by atoms with Crippen LogP contribution in [0.4, 0.5) is 22.0 Å². The summed E-state index contributed by atoms with van der Waals surface area (Å²) in [4.78, 5) is 24.5. The lowest BCUT2D eigenvalue weighted by Gasteiger charge is -2.55. The third-order valence-electron chi connectivity index (χ3n) is 6.13. The summed E-state index contributed by atoms with van der Waals surface area (Å²) in [5, 5.41) is -5.80. The first-order valence-corrected chi connectivity index (χ1v) is 10.2. The summed E-state index contributed by atoms with van der Waals surface area (Å²) < 4.78 is 98.8. The molecule has 1 atom stereocenters. The van der Waals surface area contributed by atoms with Gasteiger partial charge in [-0.25, -0.2) is 0 Å². The Morgan fingerprint density at radius 2 is 1.43 bits per heavy atom. The number of ether oxygens (including phenoxy) is 1. The molecule has 0 aromatic rings. The Morgan fingerprint density at radius 3 is 1.79 bits per heavy atom. The number of ketones is 1. The fourth-order valence-corrected chi connectivity index (χ4v) is 5.86. The summed E-state index contributed by atoms with van der Waals surface area (Å²) in [5.74, 6) is -1.65. The molecule has 1 unspecified atom stereocenters. The number of hydrogen-bond donors (Lipinski definition) is 1. The van der Waals surface area contributed by atoms with Crippen molar-refractivity contribution in [2.24, 2.45) is 23.2 Å². The van der Waals surface area contributed by atoms with Gasteiger partial charge < -0.3 is 4.74 Å². The van der Waals surface area contributed by atoms with Gasteiger partial charge in [0.2, 0.25) is 0 Å². The average molecular weight is 434 g/mol. The monoisotopic (exact) mass is 434 g/mol. The molecule has 0 radical (unpaired) electrons. The number of hydrogen-bond acceptors (Lipinski definition) is 5. The molecule has 4 saturated carbocycles. The van der Waals surface area contributed by atoms with E-state index in [1.807, 2.05) is 0 Å². The maximum absolute atomic E-state index is 13.5. The molecule has 160 valence electrons. The van der Waals surface area contributed by atoms with Gasteiger partial charge in [0.1, 0.15) is 12.2 Å². The molecule has 0 amide bonds. The third-order valence-corrected chi connectivity index (χ3v) is 7.03. The highest BCUT2D eigenvalue weighted by Gasteiger charge is 2.66. The first-order chi connectivity index (χ1) is 12.6. The van der Waals surface area contributed by atoms with Crippen LogP contribution in [0.2, 0.25) is 0 Å². The van der Waals surface area contributed by atoms with Crippen LogP contribution in [0.3, 0.4) is 0 Å². The maximum atomic E-state index is 13.5. The Hall–Kier alpha value is -1.30. The lowest BCUT2D eigenvalue weighted by Crippen LogP contribution is -2.53. The van der Waals surface area contributed by atoms with Crippen molar-refractivity contribution in [3.63, 3.8) is 0 Å². The second-order valence-corrected chi connectivity index (χ2v) is 9.74. The first kappa shape index (κ1) is 21.4. The zero-order valence-electron chi connectivity index (χ0n) is 14.5. The number of halogens is 5. The normalized spacial score (nSPS) is 33.6. The highest BCUT2D eigenvalue weighted by atomic mass is 32.2. The van der Waals surface area contributed by atoms with Crippen LogP contribution in [0.15, 0.2) is 0 Å². The molecule has 4 aliphatic carbocycles. The van der Waals surface area contributed by atoms with Crippen molar-refractivity contribution in [3.8, 4) is 0 Å². The number of carbonyl (C=O) groups is 2. The standard InChI is InChI=1S/C16H19F5O6S/c17-15(18,19)13(16(20,21)28(24,25)26)27-12(23)4-11(22)14-5-8-1-9(6-14)3-10(2-8)7-14/h8-10,13H,1-7H2,(H,24,25,26). The van der Waals surface area contributed by atoms with Crippen LogP contribution in [0, 0.1) is 23.2 Å². The summed E-state index contributed by atoms with van der Waals surface area (Å²) in [6.45, 7) is 0. The Morgan fingerprint density at radius 1 is 1.00 bits per heavy atom. The van der Waals surface area contributed by atoms with Crippen LogP contribution < -0.4 is 0 Å². The number of carbonyl (C=O) groups excluding carboxylic acids is 2. The minimum Gasteiger partial charge on any atom is -0.444 e. The van der Waals surface area contributed by atoms with Crippen LogP contribution in [-0.4, -0.2) is 42.3 Å². The van der Waals surface area contributed by atoms with E-state index in [0.29, 0.717) is 37.0 Å². The van der Waals surface area contributed by atoms with Crippen LogP contribution in [0.1, 0.15) is 44.9 Å². The van der Waals surface area contributed by atoms with E-state index in [1.54, 1.807) is 0 Å². The number of alkyl halides is 5. The molecule has 4 bridgehead atoms. The summed E-state index contributed by atoms with van der Waals surface area (Å²) in [5.41, 5.74) is -0.854. The van der Waals surface area contributed by atoms with E-state index in [2.05, 4.69) is 4.74 Å². The molecule has 4 fully saturated rings. The van der Waals surface area contributed by atoms with Crippen molar-refractivity contribution in [2.45, 2.75) is 62.5 Å². The lowest BCUT2D eigenvalue weighted by atomic mass is 9.48. The molecule has 4 aliphatic rings. The summed E-state index contributed by atoms with van der Waals surface area (Å²) >= 11 is 0. The van der Waals surface area contributed by atoms with Crippen LogP contribution in [0.5, 0.6) is 0 Å². The largest absolute Gasteiger partial charge is 0.444 e. The van der Waals surface area contributed by atoms with Crippen LogP contribution >= 0.6 is 0 Å². The fraction of sp³-hybridized carbons (Fsp3) is 0.875. The van der Waals surface area contributed by atoms with Gasteiger partial charge in [-0.05, 0) is 56.3 Å². The van der Waals surface area contributed by atoms with Gasteiger partial charge >= 0.3 is 27.5 Å². The quantitative estimate of drug-likeness (QED) is 0.299.